The molecule has 0 saturated heterocycles. The molecule has 4 aromatic carbocycles. The molecule has 0 bridgehead atoms. The number of benzene rings is 4. The van der Waals surface area contributed by atoms with Crippen LogP contribution in [0.2, 0.25) is 6.55 Å². The van der Waals surface area contributed by atoms with E-state index in [1.807, 2.05) is 0 Å². The second kappa shape index (κ2) is 9.78. The zero-order valence-electron chi connectivity index (χ0n) is 18.4. The first-order chi connectivity index (χ1) is 14.7. The van der Waals surface area contributed by atoms with Gasteiger partial charge >= 0.3 is 21.7 Å². The zero-order valence-corrected chi connectivity index (χ0v) is 22.5. The van der Waals surface area contributed by atoms with Crippen molar-refractivity contribution < 1.29 is 46.5 Å². The summed E-state index contributed by atoms with van der Waals surface area (Å²) in [6, 6.07) is 36.1. The van der Waals surface area contributed by atoms with Crippen LogP contribution in [-0.4, -0.2) is 8.07 Å². The molecule has 0 nitrogen and oxygen atoms in total. The van der Waals surface area contributed by atoms with E-state index in [-0.39, 0.29) is 46.5 Å². The summed E-state index contributed by atoms with van der Waals surface area (Å²) in [7, 11) is -2.10. The molecule has 0 heterocycles. The van der Waals surface area contributed by atoms with Crippen LogP contribution in [0.25, 0.3) is 22.3 Å². The van der Waals surface area contributed by atoms with Gasteiger partial charge in [0.2, 0.25) is 0 Å². The zero-order chi connectivity index (χ0) is 20.3. The van der Waals surface area contributed by atoms with Crippen LogP contribution in [0.1, 0.15) is 33.3 Å². The SMILES string of the molecule is C=C[Si](C)(C1c2ccccc2-c2ccccc21)C1c2ccccc2-c2ccccc21.[Cl-].[Cl-].[Ti+2]. The van der Waals surface area contributed by atoms with E-state index < -0.39 is 8.07 Å². The smallest absolute Gasteiger partial charge is 1.00 e. The van der Waals surface area contributed by atoms with Gasteiger partial charge in [-0.3, -0.25) is 0 Å². The Balaban J connectivity index is 0.00000102. The Bertz CT molecular complexity index is 1130. The van der Waals surface area contributed by atoms with E-state index in [0.29, 0.717) is 11.1 Å². The second-order valence-corrected chi connectivity index (χ2v) is 13.1. The van der Waals surface area contributed by atoms with E-state index in [1.165, 1.54) is 44.5 Å². The van der Waals surface area contributed by atoms with Gasteiger partial charge in [-0.05, 0) is 44.5 Å². The summed E-state index contributed by atoms with van der Waals surface area (Å²) in [5.41, 5.74) is 14.7. The van der Waals surface area contributed by atoms with Crippen molar-refractivity contribution in [1.29, 1.82) is 0 Å². The quantitative estimate of drug-likeness (QED) is 0.360. The van der Waals surface area contributed by atoms with Gasteiger partial charge in [-0.1, -0.05) is 109 Å². The first-order valence-electron chi connectivity index (χ1n) is 10.7. The van der Waals surface area contributed by atoms with Crippen molar-refractivity contribution in [3.8, 4) is 22.3 Å². The van der Waals surface area contributed by atoms with Gasteiger partial charge in [-0.25, -0.2) is 0 Å². The number of hydrogen-bond donors (Lipinski definition) is 0. The Kier molecular flexibility index (Phi) is 7.63. The molecule has 0 aliphatic heterocycles. The van der Waals surface area contributed by atoms with Crippen LogP contribution in [0.3, 0.4) is 0 Å². The molecule has 0 aromatic heterocycles. The van der Waals surface area contributed by atoms with E-state index in [2.05, 4.69) is 116 Å². The molecule has 0 spiro atoms. The molecule has 0 N–H and O–H groups in total. The van der Waals surface area contributed by atoms with Crippen molar-refractivity contribution in [2.24, 2.45) is 0 Å². The molecule has 4 heteroatoms. The van der Waals surface area contributed by atoms with Crippen LogP contribution in [0.15, 0.2) is 109 Å². The molecule has 162 valence electrons. The van der Waals surface area contributed by atoms with Crippen LogP contribution in [0.5, 0.6) is 0 Å². The topological polar surface area (TPSA) is 0 Å². The van der Waals surface area contributed by atoms with Gasteiger partial charge in [0.1, 0.15) is 0 Å². The Hall–Kier alpha value is -1.87. The summed E-state index contributed by atoms with van der Waals surface area (Å²) in [5, 5.41) is 0. The summed E-state index contributed by atoms with van der Waals surface area (Å²) in [6.45, 7) is 7.02. The Morgan fingerprint density at radius 1 is 0.545 bits per heavy atom. The van der Waals surface area contributed by atoms with Gasteiger partial charge in [0.15, 0.2) is 0 Å². The van der Waals surface area contributed by atoms with E-state index in [9.17, 15) is 0 Å². The predicted molar refractivity (Wildman–Crippen MR) is 129 cm³/mol. The standard InChI is InChI=1S/C29H24Si.2ClH.Ti/c1-3-30(2,28-24-16-8-4-12-20(24)21-13-5-9-17-25(21)28)29-26-18-10-6-14-22(26)23-15-7-11-19-27(23)29;;;/h3-19,28-29H,1H2,2H3;2*1H;/q;;;+2/p-2. The minimum atomic E-state index is -2.10. The van der Waals surface area contributed by atoms with Gasteiger partial charge in [-0.2, -0.15) is 0 Å². The molecule has 33 heavy (non-hydrogen) atoms. The summed E-state index contributed by atoms with van der Waals surface area (Å²) in [5.74, 6) is 0. The van der Waals surface area contributed by atoms with Crippen LogP contribution in [0.4, 0.5) is 0 Å². The van der Waals surface area contributed by atoms with Crippen molar-refractivity contribution >= 4 is 8.07 Å². The third-order valence-electron chi connectivity index (χ3n) is 7.35. The van der Waals surface area contributed by atoms with E-state index in [0.717, 1.165) is 0 Å². The Morgan fingerprint density at radius 3 is 1.03 bits per heavy atom. The van der Waals surface area contributed by atoms with E-state index in [1.54, 1.807) is 0 Å². The number of hydrogen-bond acceptors (Lipinski definition) is 0. The molecule has 0 atom stereocenters. The van der Waals surface area contributed by atoms with Gasteiger partial charge in [0.05, 0.1) is 8.07 Å². The molecular formula is C29H24Cl2SiTi. The fraction of sp³-hybridized carbons (Fsp3) is 0.103. The maximum Gasteiger partial charge on any atom is 2.00 e. The molecule has 0 unspecified atom stereocenters. The summed E-state index contributed by atoms with van der Waals surface area (Å²) in [6.07, 6.45) is 0. The fourth-order valence-corrected chi connectivity index (χ4v) is 10.5. The van der Waals surface area contributed by atoms with Crippen molar-refractivity contribution in [3.63, 3.8) is 0 Å². The first kappa shape index (κ1) is 25.7. The van der Waals surface area contributed by atoms with Crippen LogP contribution >= 0.6 is 0 Å². The number of fused-ring (bicyclic) bond motifs is 6. The molecule has 2 aliphatic carbocycles. The van der Waals surface area contributed by atoms with Gasteiger partial charge in [-0.15, -0.1) is 6.58 Å². The fourth-order valence-electron chi connectivity index (χ4n) is 6.05. The predicted octanol–water partition coefficient (Wildman–Crippen LogP) is 1.50. The average Bonchev–Trinajstić information content (AvgIpc) is 3.33. The molecule has 0 amide bonds. The molecule has 6 rings (SSSR count). The number of halogens is 2. The molecule has 2 aliphatic rings. The summed E-state index contributed by atoms with van der Waals surface area (Å²) < 4.78 is 0. The van der Waals surface area contributed by atoms with Gasteiger partial charge < -0.3 is 24.8 Å². The molecule has 0 fully saturated rings. The monoisotopic (exact) mass is 518 g/mol. The number of rotatable bonds is 3. The maximum atomic E-state index is 4.48. The normalized spacial score (nSPS) is 13.4. The van der Waals surface area contributed by atoms with Crippen LogP contribution < -0.4 is 24.8 Å². The van der Waals surface area contributed by atoms with Crippen LogP contribution in [0, 0.1) is 0 Å². The molecular weight excluding hydrogens is 495 g/mol. The van der Waals surface area contributed by atoms with E-state index in [4.69, 9.17) is 0 Å². The van der Waals surface area contributed by atoms with Gasteiger partial charge in [0.25, 0.3) is 0 Å². The van der Waals surface area contributed by atoms with Crippen molar-refractivity contribution in [2.45, 2.75) is 17.6 Å². The van der Waals surface area contributed by atoms with Crippen LogP contribution in [-0.2, 0) is 21.7 Å². The molecule has 0 radical (unpaired) electrons. The van der Waals surface area contributed by atoms with E-state index >= 15 is 0 Å². The average molecular weight is 519 g/mol. The maximum absolute atomic E-state index is 4.48. The first-order valence-corrected chi connectivity index (χ1v) is 13.5. The summed E-state index contributed by atoms with van der Waals surface area (Å²) >= 11 is 0. The summed E-state index contributed by atoms with van der Waals surface area (Å²) in [4.78, 5) is 0. The second-order valence-electron chi connectivity index (χ2n) is 8.79. The van der Waals surface area contributed by atoms with Crippen molar-refractivity contribution in [2.75, 3.05) is 0 Å². The van der Waals surface area contributed by atoms with Crippen molar-refractivity contribution in [1.82, 2.24) is 0 Å². The molecule has 0 saturated carbocycles. The molecule has 4 aromatic rings. The van der Waals surface area contributed by atoms with Gasteiger partial charge in [0, 0.05) is 11.1 Å². The minimum Gasteiger partial charge on any atom is -1.00 e. The Labute approximate surface area is 224 Å². The van der Waals surface area contributed by atoms with Crippen molar-refractivity contribution in [3.05, 3.63) is 132 Å². The minimum absolute atomic E-state index is 0. The largest absolute Gasteiger partial charge is 2.00 e. The third kappa shape index (κ3) is 3.62. The Morgan fingerprint density at radius 2 is 0.788 bits per heavy atom. The third-order valence-corrected chi connectivity index (χ3v) is 12.0.